The highest BCUT2D eigenvalue weighted by molar-refractivity contribution is 5.87. The molecule has 1 atom stereocenters. The number of aliphatic imine (C=N–C) groups is 1. The number of hydrogen-bond acceptors (Lipinski definition) is 5. The second-order valence-corrected chi connectivity index (χ2v) is 8.29. The van der Waals surface area contributed by atoms with E-state index in [0.717, 1.165) is 36.9 Å². The number of H-pyrrole nitrogens is 1. The summed E-state index contributed by atoms with van der Waals surface area (Å²) in [7, 11) is 0. The van der Waals surface area contributed by atoms with Gasteiger partial charge in [0.2, 0.25) is 0 Å². The first-order valence-electron chi connectivity index (χ1n) is 10.6. The van der Waals surface area contributed by atoms with Crippen molar-refractivity contribution in [2.45, 2.75) is 50.6 Å². The first-order chi connectivity index (χ1) is 15.0. The van der Waals surface area contributed by atoms with Crippen LogP contribution in [-0.2, 0) is 0 Å². The summed E-state index contributed by atoms with van der Waals surface area (Å²) in [6.07, 6.45) is 6.10. The van der Waals surface area contributed by atoms with Crippen molar-refractivity contribution in [1.29, 1.82) is 0 Å². The van der Waals surface area contributed by atoms with Gasteiger partial charge in [0.15, 0.2) is 17.5 Å². The van der Waals surface area contributed by atoms with Crippen molar-refractivity contribution in [3.63, 3.8) is 0 Å². The molecule has 0 amide bonds. The number of nitrogens with zero attached hydrogens (tertiary/aromatic N) is 3. The van der Waals surface area contributed by atoms with E-state index in [1.54, 1.807) is 18.3 Å². The van der Waals surface area contributed by atoms with E-state index in [1.807, 2.05) is 13.0 Å². The lowest BCUT2D eigenvalue weighted by Gasteiger charge is -2.18. The summed E-state index contributed by atoms with van der Waals surface area (Å²) in [6.45, 7) is 1.95. The normalized spacial score (nSPS) is 17.1. The molecule has 3 N–H and O–H groups in total. The fraction of sp³-hybridized carbons (Fsp3) is 0.348. The second kappa shape index (κ2) is 8.09. The number of pyridine rings is 1. The van der Waals surface area contributed by atoms with Crippen LogP contribution in [0.2, 0.25) is 0 Å². The maximum absolute atomic E-state index is 14.8. The van der Waals surface area contributed by atoms with Crippen molar-refractivity contribution in [2.75, 3.05) is 10.6 Å². The molecule has 0 spiro atoms. The molecule has 8 heteroatoms. The van der Waals surface area contributed by atoms with Crippen LogP contribution in [0.4, 0.5) is 26.2 Å². The minimum atomic E-state index is -0.479. The summed E-state index contributed by atoms with van der Waals surface area (Å²) >= 11 is 0. The molecule has 0 bridgehead atoms. The molecule has 2 aliphatic rings. The summed E-state index contributed by atoms with van der Waals surface area (Å²) < 4.78 is 28.1. The molecule has 2 heterocycles. The molecule has 6 nitrogen and oxygen atoms in total. The van der Waals surface area contributed by atoms with Crippen LogP contribution in [0.3, 0.4) is 0 Å². The molecule has 2 saturated carbocycles. The molecular weight excluding hydrogens is 398 g/mol. The van der Waals surface area contributed by atoms with Gasteiger partial charge in [-0.15, -0.1) is 0 Å². The molecule has 0 radical (unpaired) electrons. The fourth-order valence-electron chi connectivity index (χ4n) is 3.38. The third-order valence-electron chi connectivity index (χ3n) is 5.56. The van der Waals surface area contributed by atoms with Gasteiger partial charge in [0.05, 0.1) is 6.04 Å². The van der Waals surface area contributed by atoms with Crippen molar-refractivity contribution < 1.29 is 8.78 Å². The van der Waals surface area contributed by atoms with E-state index in [4.69, 9.17) is 0 Å². The molecule has 2 fully saturated rings. The maximum atomic E-state index is 14.8. The Morgan fingerprint density at radius 2 is 1.87 bits per heavy atom. The van der Waals surface area contributed by atoms with Crippen LogP contribution in [0.25, 0.3) is 0 Å². The lowest BCUT2D eigenvalue weighted by Crippen LogP contribution is -2.12. The second-order valence-electron chi connectivity index (χ2n) is 8.29. The van der Waals surface area contributed by atoms with Gasteiger partial charge >= 0.3 is 0 Å². The van der Waals surface area contributed by atoms with E-state index in [9.17, 15) is 8.78 Å². The Labute approximate surface area is 179 Å². The van der Waals surface area contributed by atoms with Crippen LogP contribution in [0.5, 0.6) is 0 Å². The van der Waals surface area contributed by atoms with Gasteiger partial charge in [-0.2, -0.15) is 5.10 Å². The summed E-state index contributed by atoms with van der Waals surface area (Å²) in [6, 6.07) is 9.75. The zero-order valence-corrected chi connectivity index (χ0v) is 17.2. The number of rotatable bonds is 8. The van der Waals surface area contributed by atoms with Crippen LogP contribution in [0.15, 0.2) is 41.4 Å². The summed E-state index contributed by atoms with van der Waals surface area (Å²) in [5, 5.41) is 13.5. The summed E-state index contributed by atoms with van der Waals surface area (Å²) in [5.41, 5.74) is 2.53. The molecule has 0 saturated heterocycles. The Kier molecular flexibility index (Phi) is 5.13. The number of nitrogens with one attached hydrogen (secondary N) is 3. The first kappa shape index (κ1) is 19.7. The molecule has 2 aliphatic carbocycles. The van der Waals surface area contributed by atoms with Gasteiger partial charge in [-0.05, 0) is 56.4 Å². The molecule has 0 aliphatic heterocycles. The number of halogens is 2. The number of anilines is 3. The van der Waals surface area contributed by atoms with Gasteiger partial charge in [0.25, 0.3) is 0 Å². The van der Waals surface area contributed by atoms with E-state index < -0.39 is 5.82 Å². The van der Waals surface area contributed by atoms with Gasteiger partial charge < -0.3 is 10.6 Å². The summed E-state index contributed by atoms with van der Waals surface area (Å²) in [4.78, 5) is 8.99. The monoisotopic (exact) mass is 422 g/mol. The summed E-state index contributed by atoms with van der Waals surface area (Å²) in [5.74, 6) is 0.882. The van der Waals surface area contributed by atoms with Crippen LogP contribution < -0.4 is 10.6 Å². The zero-order valence-electron chi connectivity index (χ0n) is 17.2. The van der Waals surface area contributed by atoms with Crippen molar-refractivity contribution in [2.24, 2.45) is 4.99 Å². The van der Waals surface area contributed by atoms with E-state index in [-0.39, 0.29) is 17.7 Å². The van der Waals surface area contributed by atoms with Crippen LogP contribution in [0, 0.1) is 11.6 Å². The van der Waals surface area contributed by atoms with E-state index in [2.05, 4.69) is 30.8 Å². The number of aromatic nitrogens is 3. The average molecular weight is 422 g/mol. The van der Waals surface area contributed by atoms with E-state index >= 15 is 0 Å². The molecule has 2 aromatic heterocycles. The lowest BCUT2D eigenvalue weighted by molar-refractivity contribution is 0.625. The highest BCUT2D eigenvalue weighted by Gasteiger charge is 2.26. The van der Waals surface area contributed by atoms with Crippen molar-refractivity contribution >= 4 is 23.7 Å². The largest absolute Gasteiger partial charge is 0.363 e. The van der Waals surface area contributed by atoms with Crippen molar-refractivity contribution in [3.05, 3.63) is 64.9 Å². The highest BCUT2D eigenvalue weighted by atomic mass is 19.1. The minimum absolute atomic E-state index is 0.0891. The number of aromatic amines is 1. The van der Waals surface area contributed by atoms with Crippen LogP contribution >= 0.6 is 0 Å². The smallest absolute Gasteiger partial charge is 0.170 e. The number of hydrogen-bond donors (Lipinski definition) is 3. The van der Waals surface area contributed by atoms with E-state index in [0.29, 0.717) is 29.2 Å². The highest BCUT2D eigenvalue weighted by Crippen LogP contribution is 2.39. The van der Waals surface area contributed by atoms with Gasteiger partial charge in [-0.25, -0.2) is 13.8 Å². The maximum Gasteiger partial charge on any atom is 0.170 e. The Morgan fingerprint density at radius 3 is 2.58 bits per heavy atom. The predicted octanol–water partition coefficient (Wildman–Crippen LogP) is 5.46. The molecule has 1 aromatic carbocycles. The molecular formula is C23H24F2N6. The molecule has 31 heavy (non-hydrogen) atoms. The van der Waals surface area contributed by atoms with E-state index in [1.165, 1.54) is 18.2 Å². The van der Waals surface area contributed by atoms with Crippen molar-refractivity contribution in [3.8, 4) is 0 Å². The quantitative estimate of drug-likeness (QED) is 0.421. The van der Waals surface area contributed by atoms with Crippen LogP contribution in [-0.4, -0.2) is 27.4 Å². The molecule has 5 rings (SSSR count). The zero-order chi connectivity index (χ0) is 21.4. The third kappa shape index (κ3) is 4.73. The van der Waals surface area contributed by atoms with Gasteiger partial charge in [0, 0.05) is 35.5 Å². The molecule has 0 unspecified atom stereocenters. The molecule has 160 valence electrons. The Balaban J connectivity index is 1.42. The van der Waals surface area contributed by atoms with Gasteiger partial charge in [-0.3, -0.25) is 10.1 Å². The van der Waals surface area contributed by atoms with Gasteiger partial charge in [-0.1, -0.05) is 12.1 Å². The average Bonchev–Trinajstić information content (AvgIpc) is 3.69. The predicted molar refractivity (Wildman–Crippen MR) is 117 cm³/mol. The first-order valence-corrected chi connectivity index (χ1v) is 10.6. The SMILES string of the molecule is C[C@H](Nc1nc(Nc2cc(C3CC3)[nH]n2)c(F)cc1C=NC1CC1)c1ccc(F)cc1. The minimum Gasteiger partial charge on any atom is -0.363 e. The number of benzene rings is 1. The van der Waals surface area contributed by atoms with Crippen molar-refractivity contribution in [1.82, 2.24) is 15.2 Å². The molecule has 3 aromatic rings. The third-order valence-corrected chi connectivity index (χ3v) is 5.56. The fourth-order valence-corrected chi connectivity index (χ4v) is 3.38. The Bertz CT molecular complexity index is 1100. The van der Waals surface area contributed by atoms with Gasteiger partial charge in [0.1, 0.15) is 11.6 Å². The van der Waals surface area contributed by atoms with Crippen LogP contribution in [0.1, 0.15) is 61.4 Å². The standard InChI is InChI=1S/C23H24F2N6/c1-13(14-4-6-17(24)7-5-14)27-22-16(12-26-18-8-9-18)10-19(25)23(29-22)28-21-11-20(30-31-21)15-2-3-15/h4-7,10-13,15,18H,2-3,8-9H2,1H3,(H3,27,28,29,30,31)/t13-/m0/s1. The lowest BCUT2D eigenvalue weighted by atomic mass is 10.1. The Hall–Kier alpha value is -3.29. The topological polar surface area (TPSA) is 78.0 Å². The Morgan fingerprint density at radius 1 is 1.10 bits per heavy atom.